The van der Waals surface area contributed by atoms with Crippen molar-refractivity contribution in [3.05, 3.63) is 0 Å². The minimum Gasteiger partial charge on any atom is -0.461 e. The fraction of sp³-hybridized carbons (Fsp3) is 0.857. The van der Waals surface area contributed by atoms with Crippen molar-refractivity contribution in [1.29, 1.82) is 0 Å². The van der Waals surface area contributed by atoms with E-state index in [2.05, 4.69) is 6.92 Å². The molecule has 0 radical (unpaired) electrons. The second kappa shape index (κ2) is 12.3. The third kappa shape index (κ3) is 13.5. The highest BCUT2D eigenvalue weighted by Gasteiger charge is 2.13. The summed E-state index contributed by atoms with van der Waals surface area (Å²) in [5.41, 5.74) is -0.378. The molecule has 4 nitrogen and oxygen atoms in total. The van der Waals surface area contributed by atoms with Crippen LogP contribution in [0.15, 0.2) is 0 Å². The average Bonchev–Trinajstić information content (AvgIpc) is 2.33. The van der Waals surface area contributed by atoms with Crippen molar-refractivity contribution in [2.75, 3.05) is 12.4 Å². The van der Waals surface area contributed by atoms with E-state index in [9.17, 15) is 9.59 Å². The lowest BCUT2D eigenvalue weighted by atomic mass is 10.1. The van der Waals surface area contributed by atoms with Crippen molar-refractivity contribution in [3.8, 4) is 0 Å². The van der Waals surface area contributed by atoms with Crippen molar-refractivity contribution < 1.29 is 19.1 Å². The van der Waals surface area contributed by atoms with Crippen LogP contribution in [0.2, 0.25) is 0 Å². The van der Waals surface area contributed by atoms with Gasteiger partial charge in [-0.2, -0.15) is 0 Å². The summed E-state index contributed by atoms with van der Waals surface area (Å²) in [6, 6.07) is 0. The number of carbonyl (C=O) groups excluding carboxylic acids is 2. The predicted octanol–water partition coefficient (Wildman–Crippen LogP) is 3.53. The van der Waals surface area contributed by atoms with E-state index in [1.54, 1.807) is 0 Å². The number of hydrogen-bond acceptors (Lipinski definition) is 5. The monoisotopic (exact) mass is 290 g/mol. The molecule has 0 saturated heterocycles. The summed E-state index contributed by atoms with van der Waals surface area (Å²) in [6.45, 7) is 5.05. The minimum atomic E-state index is -0.378. The molecule has 0 rings (SSSR count). The minimum absolute atomic E-state index is 0.134. The number of rotatable bonds is 11. The van der Waals surface area contributed by atoms with E-state index in [1.807, 2.05) is 0 Å². The molecule has 0 aromatic rings. The van der Waals surface area contributed by atoms with E-state index < -0.39 is 0 Å². The molecule has 0 N–H and O–H groups in total. The molecule has 0 aromatic heterocycles. The lowest BCUT2D eigenvalue weighted by Crippen LogP contribution is -2.21. The first-order valence-corrected chi connectivity index (χ1v) is 8.03. The highest BCUT2D eigenvalue weighted by molar-refractivity contribution is 7.99. The van der Waals surface area contributed by atoms with Gasteiger partial charge in [0.25, 0.3) is 0 Å². The Morgan fingerprint density at radius 1 is 1.00 bits per heavy atom. The molecule has 0 aliphatic carbocycles. The largest absolute Gasteiger partial charge is 0.461 e. The molecule has 0 heterocycles. The molecule has 0 unspecified atom stereocenters. The summed E-state index contributed by atoms with van der Waals surface area (Å²) in [4.78, 5) is 21.7. The Morgan fingerprint density at radius 2 is 1.63 bits per heavy atom. The molecule has 112 valence electrons. The SMILES string of the molecule is CCCCCCCCS[C@H](COC(C)=O)OC(C)=O. The Labute approximate surface area is 120 Å². The van der Waals surface area contributed by atoms with Gasteiger partial charge < -0.3 is 9.47 Å². The lowest BCUT2D eigenvalue weighted by molar-refractivity contribution is -0.151. The molecule has 0 fully saturated rings. The van der Waals surface area contributed by atoms with Gasteiger partial charge in [0.15, 0.2) is 5.44 Å². The maximum absolute atomic E-state index is 10.9. The molecule has 19 heavy (non-hydrogen) atoms. The van der Waals surface area contributed by atoms with E-state index in [0.29, 0.717) is 0 Å². The second-order valence-electron chi connectivity index (χ2n) is 4.48. The van der Waals surface area contributed by atoms with Gasteiger partial charge in [-0.15, -0.1) is 11.8 Å². The van der Waals surface area contributed by atoms with E-state index in [-0.39, 0.29) is 24.0 Å². The lowest BCUT2D eigenvalue weighted by Gasteiger charge is -2.16. The summed E-state index contributed by atoms with van der Waals surface area (Å²) < 4.78 is 9.97. The zero-order valence-electron chi connectivity index (χ0n) is 12.3. The molecule has 5 heteroatoms. The van der Waals surface area contributed by atoms with Crippen molar-refractivity contribution >= 4 is 23.7 Å². The summed E-state index contributed by atoms with van der Waals surface area (Å²) in [5, 5.41) is 0. The van der Waals surface area contributed by atoms with Crippen LogP contribution in [-0.4, -0.2) is 29.7 Å². The Morgan fingerprint density at radius 3 is 2.21 bits per heavy atom. The smallest absolute Gasteiger partial charge is 0.303 e. The summed E-state index contributed by atoms with van der Waals surface area (Å²) in [7, 11) is 0. The molecule has 0 aliphatic rings. The molecule has 0 spiro atoms. The number of esters is 2. The molecule has 1 atom stereocenters. The Bertz CT molecular complexity index is 256. The van der Waals surface area contributed by atoms with Crippen LogP contribution in [0.4, 0.5) is 0 Å². The van der Waals surface area contributed by atoms with Gasteiger partial charge >= 0.3 is 11.9 Å². The van der Waals surface area contributed by atoms with Crippen LogP contribution < -0.4 is 0 Å². The Kier molecular flexibility index (Phi) is 11.9. The van der Waals surface area contributed by atoms with Gasteiger partial charge in [0, 0.05) is 13.8 Å². The van der Waals surface area contributed by atoms with Crippen LogP contribution >= 0.6 is 11.8 Å². The van der Waals surface area contributed by atoms with Gasteiger partial charge in [-0.3, -0.25) is 9.59 Å². The van der Waals surface area contributed by atoms with Gasteiger partial charge in [-0.05, 0) is 12.2 Å². The Balaban J connectivity index is 3.67. The van der Waals surface area contributed by atoms with E-state index in [1.165, 1.54) is 57.7 Å². The van der Waals surface area contributed by atoms with E-state index in [0.717, 1.165) is 12.2 Å². The van der Waals surface area contributed by atoms with Crippen LogP contribution in [0.1, 0.15) is 59.3 Å². The zero-order chi connectivity index (χ0) is 14.5. The fourth-order valence-electron chi connectivity index (χ4n) is 1.58. The first-order chi connectivity index (χ1) is 9.06. The van der Waals surface area contributed by atoms with Crippen LogP contribution in [0.25, 0.3) is 0 Å². The third-order valence-corrected chi connectivity index (χ3v) is 3.65. The van der Waals surface area contributed by atoms with Crippen molar-refractivity contribution in [3.63, 3.8) is 0 Å². The summed E-state index contributed by atoms with van der Waals surface area (Å²) in [5.74, 6) is 0.232. The van der Waals surface area contributed by atoms with Crippen LogP contribution in [-0.2, 0) is 19.1 Å². The normalized spacial score (nSPS) is 11.9. The van der Waals surface area contributed by atoms with Crippen molar-refractivity contribution in [2.45, 2.75) is 64.7 Å². The number of hydrogen-bond donors (Lipinski definition) is 0. The van der Waals surface area contributed by atoms with Crippen LogP contribution in [0.3, 0.4) is 0 Å². The second-order valence-corrected chi connectivity index (χ2v) is 5.75. The summed E-state index contributed by atoms with van der Waals surface area (Å²) >= 11 is 1.54. The van der Waals surface area contributed by atoms with Crippen LogP contribution in [0.5, 0.6) is 0 Å². The molecular weight excluding hydrogens is 264 g/mol. The molecule has 0 saturated carbocycles. The highest BCUT2D eigenvalue weighted by Crippen LogP contribution is 2.17. The molecule has 0 aromatic carbocycles. The third-order valence-electron chi connectivity index (χ3n) is 2.52. The maximum Gasteiger partial charge on any atom is 0.303 e. The fourth-order valence-corrected chi connectivity index (χ4v) is 2.59. The maximum atomic E-state index is 10.9. The zero-order valence-corrected chi connectivity index (χ0v) is 13.1. The number of unbranched alkanes of at least 4 members (excludes halogenated alkanes) is 5. The average molecular weight is 290 g/mol. The molecule has 0 bridgehead atoms. The van der Waals surface area contributed by atoms with Crippen molar-refractivity contribution in [2.24, 2.45) is 0 Å². The first-order valence-electron chi connectivity index (χ1n) is 6.98. The van der Waals surface area contributed by atoms with Gasteiger partial charge in [0.2, 0.25) is 0 Å². The summed E-state index contributed by atoms with van der Waals surface area (Å²) in [6.07, 6.45) is 7.42. The Hall–Kier alpha value is -0.710. The van der Waals surface area contributed by atoms with Crippen molar-refractivity contribution in [1.82, 2.24) is 0 Å². The van der Waals surface area contributed by atoms with Gasteiger partial charge in [-0.25, -0.2) is 0 Å². The quantitative estimate of drug-likeness (QED) is 0.331. The topological polar surface area (TPSA) is 52.6 Å². The van der Waals surface area contributed by atoms with Crippen LogP contribution in [0, 0.1) is 0 Å². The number of carbonyl (C=O) groups is 2. The highest BCUT2D eigenvalue weighted by atomic mass is 32.2. The molecule has 0 amide bonds. The molecular formula is C14H26O4S. The predicted molar refractivity (Wildman–Crippen MR) is 78.0 cm³/mol. The first kappa shape index (κ1) is 18.3. The van der Waals surface area contributed by atoms with E-state index >= 15 is 0 Å². The number of ether oxygens (including phenoxy) is 2. The van der Waals surface area contributed by atoms with E-state index in [4.69, 9.17) is 9.47 Å². The molecule has 0 aliphatic heterocycles. The standard InChI is InChI=1S/C14H26O4S/c1-4-5-6-7-8-9-10-19-14(18-13(3)16)11-17-12(2)15/h14H,4-11H2,1-3H3/t14-/m1/s1. The number of thioether (sulfide) groups is 1. The van der Waals surface area contributed by atoms with Gasteiger partial charge in [-0.1, -0.05) is 39.0 Å². The van der Waals surface area contributed by atoms with Gasteiger partial charge in [0.1, 0.15) is 6.61 Å². The van der Waals surface area contributed by atoms with Gasteiger partial charge in [0.05, 0.1) is 0 Å².